The van der Waals surface area contributed by atoms with Gasteiger partial charge in [0.1, 0.15) is 0 Å². The van der Waals surface area contributed by atoms with E-state index in [4.69, 9.17) is 5.11 Å². The molecule has 0 bridgehead atoms. The summed E-state index contributed by atoms with van der Waals surface area (Å²) in [5, 5.41) is 8.73. The molecule has 1 N–H and O–H groups in total. The van der Waals surface area contributed by atoms with E-state index in [-0.39, 0.29) is 6.54 Å². The van der Waals surface area contributed by atoms with E-state index in [9.17, 15) is 4.79 Å². The minimum absolute atomic E-state index is 0.202. The van der Waals surface area contributed by atoms with Crippen LogP contribution in [-0.2, 0) is 4.79 Å². The lowest BCUT2D eigenvalue weighted by molar-refractivity contribution is -0.138. The zero-order chi connectivity index (χ0) is 10.7. The molecule has 2 aliphatic rings. The minimum Gasteiger partial charge on any atom is -0.480 e. The van der Waals surface area contributed by atoms with E-state index in [1.165, 1.54) is 11.5 Å². The van der Waals surface area contributed by atoms with E-state index in [1.807, 2.05) is 16.7 Å². The quantitative estimate of drug-likeness (QED) is 0.750. The molecule has 5 heteroatoms. The Kier molecular flexibility index (Phi) is 3.88. The lowest BCUT2D eigenvalue weighted by atomic mass is 10.3. The lowest BCUT2D eigenvalue weighted by Gasteiger charge is -2.36. The van der Waals surface area contributed by atoms with E-state index in [1.54, 1.807) is 0 Å². The van der Waals surface area contributed by atoms with Crippen LogP contribution in [0.5, 0.6) is 0 Å². The third-order valence-corrected chi connectivity index (χ3v) is 4.36. The van der Waals surface area contributed by atoms with E-state index in [0.29, 0.717) is 0 Å². The van der Waals surface area contributed by atoms with Gasteiger partial charge in [0.05, 0.1) is 6.54 Å². The highest BCUT2D eigenvalue weighted by Crippen LogP contribution is 2.23. The van der Waals surface area contributed by atoms with Crippen molar-refractivity contribution in [3.8, 4) is 0 Å². The van der Waals surface area contributed by atoms with E-state index in [2.05, 4.69) is 4.90 Å². The van der Waals surface area contributed by atoms with Gasteiger partial charge in [-0.15, -0.1) is 0 Å². The van der Waals surface area contributed by atoms with Crippen LogP contribution in [0.1, 0.15) is 6.42 Å². The van der Waals surface area contributed by atoms with Gasteiger partial charge >= 0.3 is 5.97 Å². The molecular formula is C10H18N2O2S. The summed E-state index contributed by atoms with van der Waals surface area (Å²) < 4.78 is 0. The second-order valence-corrected chi connectivity index (χ2v) is 5.33. The van der Waals surface area contributed by atoms with Gasteiger partial charge in [-0.2, -0.15) is 11.8 Å². The molecule has 0 aromatic carbocycles. The second kappa shape index (κ2) is 5.18. The van der Waals surface area contributed by atoms with Crippen molar-refractivity contribution in [3.63, 3.8) is 0 Å². The van der Waals surface area contributed by atoms with Gasteiger partial charge in [-0.25, -0.2) is 0 Å². The summed E-state index contributed by atoms with van der Waals surface area (Å²) >= 11 is 2.01. The highest BCUT2D eigenvalue weighted by molar-refractivity contribution is 8.00. The van der Waals surface area contributed by atoms with Crippen LogP contribution in [0.4, 0.5) is 0 Å². The highest BCUT2D eigenvalue weighted by atomic mass is 32.2. The van der Waals surface area contributed by atoms with Gasteiger partial charge in [0, 0.05) is 37.2 Å². The summed E-state index contributed by atoms with van der Waals surface area (Å²) in [7, 11) is 0. The first-order valence-electron chi connectivity index (χ1n) is 5.51. The first-order chi connectivity index (χ1) is 7.25. The molecule has 4 nitrogen and oxygen atoms in total. The van der Waals surface area contributed by atoms with Crippen LogP contribution < -0.4 is 0 Å². The standard InChI is InChI=1S/C10H18N2O2S/c13-10(14)6-11-2-1-3-12(5-4-11)9-7-15-8-9/h9H,1-8H2,(H,13,14). The predicted molar refractivity (Wildman–Crippen MR) is 61.4 cm³/mol. The number of carboxylic acids is 1. The average molecular weight is 230 g/mol. The number of carboxylic acid groups (broad SMARTS) is 1. The monoisotopic (exact) mass is 230 g/mol. The Morgan fingerprint density at radius 2 is 2.07 bits per heavy atom. The smallest absolute Gasteiger partial charge is 0.317 e. The summed E-state index contributed by atoms with van der Waals surface area (Å²) in [5.74, 6) is 1.82. The highest BCUT2D eigenvalue weighted by Gasteiger charge is 2.27. The van der Waals surface area contributed by atoms with Gasteiger partial charge in [-0.05, 0) is 13.0 Å². The van der Waals surface area contributed by atoms with Crippen molar-refractivity contribution in [1.82, 2.24) is 9.80 Å². The third kappa shape index (κ3) is 3.09. The largest absolute Gasteiger partial charge is 0.480 e. The van der Waals surface area contributed by atoms with Crippen LogP contribution in [0.3, 0.4) is 0 Å². The summed E-state index contributed by atoms with van der Waals surface area (Å²) in [4.78, 5) is 15.2. The number of carbonyl (C=O) groups is 1. The molecule has 0 aliphatic carbocycles. The Labute approximate surface area is 94.6 Å². The molecule has 2 saturated heterocycles. The Balaban J connectivity index is 1.78. The number of rotatable bonds is 3. The summed E-state index contributed by atoms with van der Waals surface area (Å²) in [6.07, 6.45) is 1.11. The van der Waals surface area contributed by atoms with Crippen LogP contribution >= 0.6 is 11.8 Å². The molecule has 0 atom stereocenters. The molecule has 15 heavy (non-hydrogen) atoms. The Hall–Kier alpha value is -0.260. The maximum absolute atomic E-state index is 10.6. The molecule has 0 aromatic heterocycles. The molecule has 0 spiro atoms. The lowest BCUT2D eigenvalue weighted by Crippen LogP contribution is -2.46. The summed E-state index contributed by atoms with van der Waals surface area (Å²) in [5.41, 5.74) is 0. The maximum atomic E-state index is 10.6. The van der Waals surface area contributed by atoms with Crippen molar-refractivity contribution in [2.45, 2.75) is 12.5 Å². The molecule has 0 aromatic rings. The molecule has 2 fully saturated rings. The van der Waals surface area contributed by atoms with Crippen molar-refractivity contribution >= 4 is 17.7 Å². The fourth-order valence-electron chi connectivity index (χ4n) is 2.14. The molecule has 0 amide bonds. The minimum atomic E-state index is -0.706. The van der Waals surface area contributed by atoms with Crippen LogP contribution in [0.15, 0.2) is 0 Å². The third-order valence-electron chi connectivity index (χ3n) is 3.12. The number of hydrogen-bond donors (Lipinski definition) is 1. The molecule has 2 aliphatic heterocycles. The first-order valence-corrected chi connectivity index (χ1v) is 6.67. The van der Waals surface area contributed by atoms with Gasteiger partial charge in [0.25, 0.3) is 0 Å². The fourth-order valence-corrected chi connectivity index (χ4v) is 3.01. The van der Waals surface area contributed by atoms with E-state index >= 15 is 0 Å². The van der Waals surface area contributed by atoms with Crippen LogP contribution in [0.2, 0.25) is 0 Å². The van der Waals surface area contributed by atoms with Crippen LogP contribution in [0, 0.1) is 0 Å². The molecule has 2 heterocycles. The van der Waals surface area contributed by atoms with Gasteiger partial charge in [-0.3, -0.25) is 14.6 Å². The maximum Gasteiger partial charge on any atom is 0.317 e. The van der Waals surface area contributed by atoms with Crippen molar-refractivity contribution in [3.05, 3.63) is 0 Å². The molecule has 86 valence electrons. The van der Waals surface area contributed by atoms with E-state index < -0.39 is 5.97 Å². The number of thioether (sulfide) groups is 1. The topological polar surface area (TPSA) is 43.8 Å². The Morgan fingerprint density at radius 1 is 1.27 bits per heavy atom. The number of aliphatic carboxylic acids is 1. The van der Waals surface area contributed by atoms with Crippen molar-refractivity contribution in [2.75, 3.05) is 44.2 Å². The van der Waals surface area contributed by atoms with Crippen LogP contribution in [-0.4, -0.2) is 71.1 Å². The Bertz CT molecular complexity index is 233. The van der Waals surface area contributed by atoms with Gasteiger partial charge in [0.15, 0.2) is 0 Å². The van der Waals surface area contributed by atoms with Crippen LogP contribution in [0.25, 0.3) is 0 Å². The number of nitrogens with zero attached hydrogens (tertiary/aromatic N) is 2. The molecule has 0 unspecified atom stereocenters. The first kappa shape index (κ1) is 11.2. The van der Waals surface area contributed by atoms with E-state index in [0.717, 1.165) is 38.6 Å². The summed E-state index contributed by atoms with van der Waals surface area (Å²) in [6, 6.07) is 0.764. The van der Waals surface area contributed by atoms with Gasteiger partial charge in [-0.1, -0.05) is 0 Å². The molecule has 2 rings (SSSR count). The summed E-state index contributed by atoms with van der Waals surface area (Å²) in [6.45, 7) is 4.23. The SMILES string of the molecule is O=C(O)CN1CCCN(C2CSC2)CC1. The normalized spacial score (nSPS) is 25.9. The van der Waals surface area contributed by atoms with Crippen molar-refractivity contribution in [2.24, 2.45) is 0 Å². The Morgan fingerprint density at radius 3 is 2.67 bits per heavy atom. The predicted octanol–water partition coefficient (Wildman–Crippen LogP) is 0.194. The zero-order valence-electron chi connectivity index (χ0n) is 8.89. The molecule has 0 radical (unpaired) electrons. The zero-order valence-corrected chi connectivity index (χ0v) is 9.71. The van der Waals surface area contributed by atoms with Gasteiger partial charge < -0.3 is 5.11 Å². The van der Waals surface area contributed by atoms with Gasteiger partial charge in [0.2, 0.25) is 0 Å². The molecule has 0 saturated carbocycles. The fraction of sp³-hybridized carbons (Fsp3) is 0.900. The second-order valence-electron chi connectivity index (χ2n) is 4.25. The number of hydrogen-bond acceptors (Lipinski definition) is 4. The van der Waals surface area contributed by atoms with Crippen molar-refractivity contribution in [1.29, 1.82) is 0 Å². The van der Waals surface area contributed by atoms with Crippen molar-refractivity contribution < 1.29 is 9.90 Å². The average Bonchev–Trinajstić information content (AvgIpc) is 2.27. The molecular weight excluding hydrogens is 212 g/mol.